The fourth-order valence-electron chi connectivity index (χ4n) is 4.44. The van der Waals surface area contributed by atoms with Gasteiger partial charge in [-0.1, -0.05) is 71.7 Å². The van der Waals surface area contributed by atoms with Crippen molar-refractivity contribution in [1.82, 2.24) is 9.66 Å². The molecular formula is C32H22Cl2N4O4. The van der Waals surface area contributed by atoms with Gasteiger partial charge in [0.05, 0.1) is 27.2 Å². The summed E-state index contributed by atoms with van der Waals surface area (Å²) in [5.74, 6) is 0.425. The first kappa shape index (κ1) is 27.3. The number of benzene rings is 4. The number of hydrogen-bond donors (Lipinski definition) is 1. The van der Waals surface area contributed by atoms with E-state index in [2.05, 4.69) is 15.4 Å². The van der Waals surface area contributed by atoms with E-state index >= 15 is 0 Å². The Morgan fingerprint density at radius 1 is 1.00 bits per heavy atom. The van der Waals surface area contributed by atoms with Crippen LogP contribution in [0, 0.1) is 6.92 Å². The summed E-state index contributed by atoms with van der Waals surface area (Å²) in [6.07, 6.45) is 1.44. The average molecular weight is 597 g/mol. The molecule has 2 aromatic heterocycles. The summed E-state index contributed by atoms with van der Waals surface area (Å²) >= 11 is 12.9. The Morgan fingerprint density at radius 3 is 2.50 bits per heavy atom. The van der Waals surface area contributed by atoms with Crippen LogP contribution in [0.2, 0.25) is 10.0 Å². The van der Waals surface area contributed by atoms with Crippen LogP contribution in [0.25, 0.3) is 33.5 Å². The van der Waals surface area contributed by atoms with E-state index in [1.807, 2.05) is 61.5 Å². The maximum Gasteiger partial charge on any atom is 0.282 e. The van der Waals surface area contributed by atoms with Crippen LogP contribution in [0.1, 0.15) is 11.1 Å². The second-order valence-corrected chi connectivity index (χ2v) is 10.2. The van der Waals surface area contributed by atoms with Gasteiger partial charge in [0.25, 0.3) is 11.5 Å². The van der Waals surface area contributed by atoms with Crippen LogP contribution < -0.4 is 15.6 Å². The lowest BCUT2D eigenvalue weighted by atomic mass is 10.2. The van der Waals surface area contributed by atoms with E-state index in [0.29, 0.717) is 33.5 Å². The summed E-state index contributed by atoms with van der Waals surface area (Å²) in [4.78, 5) is 30.6. The molecule has 6 rings (SSSR count). The topological polar surface area (TPSA) is 98.7 Å². The number of hydrogen-bond acceptors (Lipinski definition) is 6. The lowest BCUT2D eigenvalue weighted by Crippen LogP contribution is -2.21. The number of furan rings is 1. The largest absolute Gasteiger partial charge is 0.481 e. The Labute approximate surface area is 249 Å². The predicted molar refractivity (Wildman–Crippen MR) is 166 cm³/mol. The molecule has 1 N–H and O–H groups in total. The van der Waals surface area contributed by atoms with Crippen LogP contribution >= 0.6 is 23.2 Å². The second-order valence-electron chi connectivity index (χ2n) is 9.43. The van der Waals surface area contributed by atoms with E-state index in [-0.39, 0.29) is 39.7 Å². The van der Waals surface area contributed by atoms with Gasteiger partial charge in [-0.05, 0) is 60.5 Å². The molecule has 10 heteroatoms. The van der Waals surface area contributed by atoms with Crippen LogP contribution in [-0.2, 0) is 4.79 Å². The highest BCUT2D eigenvalue weighted by molar-refractivity contribution is 6.37. The number of rotatable bonds is 7. The maximum atomic E-state index is 13.5. The first-order chi connectivity index (χ1) is 20.4. The molecule has 6 aromatic rings. The first-order valence-corrected chi connectivity index (χ1v) is 13.7. The molecule has 0 aliphatic heterocycles. The van der Waals surface area contributed by atoms with Crippen molar-refractivity contribution >= 4 is 62.9 Å². The van der Waals surface area contributed by atoms with E-state index in [1.165, 1.54) is 10.9 Å². The maximum absolute atomic E-state index is 13.5. The van der Waals surface area contributed by atoms with Crippen molar-refractivity contribution in [2.24, 2.45) is 5.10 Å². The van der Waals surface area contributed by atoms with Gasteiger partial charge in [-0.25, -0.2) is 4.98 Å². The predicted octanol–water partition coefficient (Wildman–Crippen LogP) is 7.32. The molecule has 0 aliphatic rings. The minimum atomic E-state index is -0.371. The first-order valence-electron chi connectivity index (χ1n) is 12.9. The van der Waals surface area contributed by atoms with Gasteiger partial charge in [0, 0.05) is 11.1 Å². The molecule has 0 unspecified atom stereocenters. The standard InChI is InChI=1S/C32H22Cl2N4O4/c1-19-8-2-5-11-25(19)36-29(39)18-41-30-23(33)14-20(15-24(30)34)17-35-38-31(28-16-21-9-3-7-13-27(21)42-28)37-26-12-6-4-10-22(26)32(38)40/h2-17H,18H2,1H3,(H,36,39). The van der Waals surface area contributed by atoms with Gasteiger partial charge in [-0.15, -0.1) is 0 Å². The zero-order valence-electron chi connectivity index (χ0n) is 22.2. The molecule has 42 heavy (non-hydrogen) atoms. The number of fused-ring (bicyclic) bond motifs is 2. The second kappa shape index (κ2) is 11.5. The average Bonchev–Trinajstić information content (AvgIpc) is 3.42. The molecule has 0 radical (unpaired) electrons. The molecule has 0 atom stereocenters. The van der Waals surface area contributed by atoms with E-state index in [9.17, 15) is 9.59 Å². The quantitative estimate of drug-likeness (QED) is 0.195. The lowest BCUT2D eigenvalue weighted by Gasteiger charge is -2.12. The number of aromatic nitrogens is 2. The van der Waals surface area contributed by atoms with E-state index in [1.54, 1.807) is 36.4 Å². The zero-order valence-corrected chi connectivity index (χ0v) is 23.7. The molecule has 0 saturated heterocycles. The molecule has 2 heterocycles. The highest BCUT2D eigenvalue weighted by Crippen LogP contribution is 2.34. The van der Waals surface area contributed by atoms with Crippen LogP contribution in [0.4, 0.5) is 5.69 Å². The minimum absolute atomic E-state index is 0.155. The molecule has 8 nitrogen and oxygen atoms in total. The van der Waals surface area contributed by atoms with E-state index in [0.717, 1.165) is 10.9 Å². The summed E-state index contributed by atoms with van der Waals surface area (Å²) in [6, 6.07) is 26.9. The normalized spacial score (nSPS) is 11.4. The van der Waals surface area contributed by atoms with Crippen LogP contribution in [-0.4, -0.2) is 28.4 Å². The summed E-state index contributed by atoms with van der Waals surface area (Å²) in [6.45, 7) is 1.60. The van der Waals surface area contributed by atoms with Crippen molar-refractivity contribution < 1.29 is 13.9 Å². The number of para-hydroxylation sites is 3. The smallest absolute Gasteiger partial charge is 0.282 e. The third-order valence-corrected chi connectivity index (χ3v) is 7.07. The van der Waals surface area contributed by atoms with Crippen molar-refractivity contribution in [1.29, 1.82) is 0 Å². The molecule has 1 amide bonds. The Morgan fingerprint density at radius 2 is 1.71 bits per heavy atom. The molecular weight excluding hydrogens is 575 g/mol. The third-order valence-electron chi connectivity index (χ3n) is 6.51. The minimum Gasteiger partial charge on any atom is -0.481 e. The van der Waals surface area contributed by atoms with Crippen molar-refractivity contribution in [3.63, 3.8) is 0 Å². The van der Waals surface area contributed by atoms with E-state index < -0.39 is 0 Å². The highest BCUT2D eigenvalue weighted by atomic mass is 35.5. The summed E-state index contributed by atoms with van der Waals surface area (Å²) in [5, 5.41) is 8.86. The van der Waals surface area contributed by atoms with Crippen molar-refractivity contribution in [3.05, 3.63) is 123 Å². The summed E-state index contributed by atoms with van der Waals surface area (Å²) in [5.41, 5.74) is 2.92. The fourth-order valence-corrected chi connectivity index (χ4v) is 5.05. The molecule has 4 aromatic carbocycles. The monoisotopic (exact) mass is 596 g/mol. The molecule has 0 spiro atoms. The van der Waals surface area contributed by atoms with Gasteiger partial charge < -0.3 is 14.5 Å². The van der Waals surface area contributed by atoms with Gasteiger partial charge >= 0.3 is 0 Å². The van der Waals surface area contributed by atoms with Crippen molar-refractivity contribution in [2.45, 2.75) is 6.92 Å². The summed E-state index contributed by atoms with van der Waals surface area (Å²) in [7, 11) is 0. The Bertz CT molecular complexity index is 2010. The number of halogens is 2. The highest BCUT2D eigenvalue weighted by Gasteiger charge is 2.17. The Kier molecular flexibility index (Phi) is 7.48. The van der Waals surface area contributed by atoms with Gasteiger partial charge in [-0.2, -0.15) is 9.78 Å². The van der Waals surface area contributed by atoms with Crippen LogP contribution in [0.5, 0.6) is 5.75 Å². The van der Waals surface area contributed by atoms with Gasteiger partial charge in [0.15, 0.2) is 18.1 Å². The number of nitrogens with zero attached hydrogens (tertiary/aromatic N) is 3. The number of carbonyl (C=O) groups excluding carboxylic acids is 1. The number of carbonyl (C=O) groups is 1. The van der Waals surface area contributed by atoms with Gasteiger partial charge in [-0.3, -0.25) is 9.59 Å². The Balaban J connectivity index is 1.29. The number of ether oxygens (including phenoxy) is 1. The van der Waals surface area contributed by atoms with E-state index in [4.69, 9.17) is 32.4 Å². The Hall–Kier alpha value is -4.92. The zero-order chi connectivity index (χ0) is 29.2. The van der Waals surface area contributed by atoms with Gasteiger partial charge in [0.2, 0.25) is 5.82 Å². The van der Waals surface area contributed by atoms with Crippen LogP contribution in [0.15, 0.2) is 105 Å². The SMILES string of the molecule is Cc1ccccc1NC(=O)COc1c(Cl)cc(C=Nn2c(-c3cc4ccccc4o3)nc3ccccc3c2=O)cc1Cl. The number of amides is 1. The molecule has 0 saturated carbocycles. The van der Waals surface area contributed by atoms with Gasteiger partial charge in [0.1, 0.15) is 5.58 Å². The van der Waals surface area contributed by atoms with Crippen LogP contribution in [0.3, 0.4) is 0 Å². The molecule has 0 aliphatic carbocycles. The summed E-state index contributed by atoms with van der Waals surface area (Å²) < 4.78 is 12.8. The lowest BCUT2D eigenvalue weighted by molar-refractivity contribution is -0.118. The number of anilines is 1. The van der Waals surface area contributed by atoms with Crippen molar-refractivity contribution in [2.75, 3.05) is 11.9 Å². The molecule has 0 bridgehead atoms. The number of aryl methyl sites for hydroxylation is 1. The molecule has 208 valence electrons. The fraction of sp³-hybridized carbons (Fsp3) is 0.0625. The third kappa shape index (κ3) is 5.50. The van der Waals surface area contributed by atoms with Crippen molar-refractivity contribution in [3.8, 4) is 17.3 Å². The molecule has 0 fully saturated rings. The number of nitrogens with one attached hydrogen (secondary N) is 1.